The molecule has 8 heteroatoms. The van der Waals surface area contributed by atoms with Crippen molar-refractivity contribution in [2.45, 2.75) is 6.10 Å². The molecule has 1 N–H and O–H groups in total. The average molecular weight is 350 g/mol. The molecule has 24 heavy (non-hydrogen) atoms. The van der Waals surface area contributed by atoms with Crippen molar-refractivity contribution in [3.05, 3.63) is 52.3 Å². The van der Waals surface area contributed by atoms with Crippen LogP contribution in [0.4, 0.5) is 0 Å². The Labute approximate surface area is 143 Å². The lowest BCUT2D eigenvalue weighted by molar-refractivity contribution is -0.0232. The number of ether oxygens (including phenoxy) is 1. The van der Waals surface area contributed by atoms with Crippen LogP contribution < -0.4 is 0 Å². The molecule has 126 valence electrons. The molecule has 0 radical (unpaired) electrons. The molecule has 1 fully saturated rings. The summed E-state index contributed by atoms with van der Waals surface area (Å²) < 4.78 is 7.02. The molecule has 1 atom stereocenters. The van der Waals surface area contributed by atoms with E-state index in [1.807, 2.05) is 12.1 Å². The summed E-state index contributed by atoms with van der Waals surface area (Å²) in [6.07, 6.45) is 0.911. The van der Waals surface area contributed by atoms with Crippen molar-refractivity contribution in [1.82, 2.24) is 14.7 Å². The number of morpholine rings is 1. The number of benzene rings is 1. The maximum absolute atomic E-state index is 12.8. The number of nitrogens with zero attached hydrogens (tertiary/aromatic N) is 3. The normalized spacial score (nSPS) is 17.8. The Morgan fingerprint density at radius 2 is 2.04 bits per heavy atom. The highest BCUT2D eigenvalue weighted by Crippen LogP contribution is 2.25. The molecular formula is C16H16ClN3O4. The largest absolute Gasteiger partial charge is 0.478 e. The van der Waals surface area contributed by atoms with E-state index in [4.69, 9.17) is 16.3 Å². The molecule has 0 spiro atoms. The first-order valence-corrected chi connectivity index (χ1v) is 7.77. The van der Waals surface area contributed by atoms with E-state index in [0.717, 1.165) is 5.56 Å². The second-order valence-electron chi connectivity index (χ2n) is 5.50. The smallest absolute Gasteiger partial charge is 0.339 e. The monoisotopic (exact) mass is 349 g/mol. The maximum atomic E-state index is 12.8. The van der Waals surface area contributed by atoms with Crippen LogP contribution in [0.15, 0.2) is 30.5 Å². The summed E-state index contributed by atoms with van der Waals surface area (Å²) in [7, 11) is 1.55. The fourth-order valence-corrected chi connectivity index (χ4v) is 2.84. The fraction of sp³-hybridized carbons (Fsp3) is 0.312. The van der Waals surface area contributed by atoms with Gasteiger partial charge in [0.15, 0.2) is 0 Å². The first-order valence-electron chi connectivity index (χ1n) is 7.39. The molecule has 0 aliphatic carbocycles. The highest BCUT2D eigenvalue weighted by atomic mass is 35.5. The van der Waals surface area contributed by atoms with E-state index in [0.29, 0.717) is 24.7 Å². The second kappa shape index (κ2) is 6.62. The maximum Gasteiger partial charge on any atom is 0.339 e. The number of carbonyl (C=O) groups is 2. The molecule has 2 aromatic rings. The number of hydrogen-bond donors (Lipinski definition) is 1. The third kappa shape index (κ3) is 3.13. The van der Waals surface area contributed by atoms with Crippen LogP contribution >= 0.6 is 11.6 Å². The van der Waals surface area contributed by atoms with Crippen molar-refractivity contribution in [2.75, 3.05) is 19.7 Å². The number of hydrogen-bond acceptors (Lipinski definition) is 4. The Hall–Kier alpha value is -2.38. The third-order valence-corrected chi connectivity index (χ3v) is 4.22. The number of aryl methyl sites for hydroxylation is 1. The molecule has 7 nitrogen and oxygen atoms in total. The summed E-state index contributed by atoms with van der Waals surface area (Å²) in [6, 6.07) is 7.25. The van der Waals surface area contributed by atoms with E-state index in [1.54, 1.807) is 24.1 Å². The first kappa shape index (κ1) is 16.5. The van der Waals surface area contributed by atoms with Crippen molar-refractivity contribution in [2.24, 2.45) is 7.05 Å². The summed E-state index contributed by atoms with van der Waals surface area (Å²) in [5.41, 5.74) is 0.886. The molecule has 1 amide bonds. The zero-order valence-electron chi connectivity index (χ0n) is 13.0. The van der Waals surface area contributed by atoms with Gasteiger partial charge in [0.2, 0.25) is 0 Å². The SMILES string of the molecule is Cn1ncc(C(=O)O)c1C(=O)N1CCO[C@@H](c2ccc(Cl)cc2)C1. The van der Waals surface area contributed by atoms with Gasteiger partial charge in [0, 0.05) is 18.6 Å². The number of rotatable bonds is 3. The Morgan fingerprint density at radius 1 is 1.33 bits per heavy atom. The standard InChI is InChI=1S/C16H16ClN3O4/c1-19-14(12(8-18-19)16(22)23)15(21)20-6-7-24-13(9-20)10-2-4-11(17)5-3-10/h2-5,8,13H,6-7,9H2,1H3,(H,22,23)/t13-/m1/s1. The van der Waals surface area contributed by atoms with E-state index < -0.39 is 5.97 Å². The van der Waals surface area contributed by atoms with Gasteiger partial charge in [-0.3, -0.25) is 9.48 Å². The van der Waals surface area contributed by atoms with Gasteiger partial charge in [0.1, 0.15) is 17.4 Å². The molecule has 0 bridgehead atoms. The third-order valence-electron chi connectivity index (χ3n) is 3.97. The minimum atomic E-state index is -1.17. The zero-order valence-corrected chi connectivity index (χ0v) is 13.7. The van der Waals surface area contributed by atoms with Crippen LogP contribution in [0.25, 0.3) is 0 Å². The van der Waals surface area contributed by atoms with Crippen molar-refractivity contribution in [3.8, 4) is 0 Å². The summed E-state index contributed by atoms with van der Waals surface area (Å²) in [5, 5.41) is 13.7. The first-order chi connectivity index (χ1) is 11.5. The predicted octanol–water partition coefficient (Wildman–Crippen LogP) is 1.99. The Balaban J connectivity index is 1.82. The highest BCUT2D eigenvalue weighted by Gasteiger charge is 2.30. The number of aromatic nitrogens is 2. The van der Waals surface area contributed by atoms with Gasteiger partial charge in [0.25, 0.3) is 5.91 Å². The summed E-state index contributed by atoms with van der Waals surface area (Å²) >= 11 is 5.89. The van der Waals surface area contributed by atoms with Gasteiger partial charge >= 0.3 is 5.97 Å². The van der Waals surface area contributed by atoms with Crippen LogP contribution in [-0.2, 0) is 11.8 Å². The lowest BCUT2D eigenvalue weighted by Crippen LogP contribution is -2.43. The van der Waals surface area contributed by atoms with Gasteiger partial charge < -0.3 is 14.7 Å². The molecule has 0 saturated carbocycles. The minimum Gasteiger partial charge on any atom is -0.478 e. The van der Waals surface area contributed by atoms with Crippen molar-refractivity contribution >= 4 is 23.5 Å². The molecule has 1 aliphatic heterocycles. The summed E-state index contributed by atoms with van der Waals surface area (Å²) in [6.45, 7) is 1.11. The Bertz CT molecular complexity index is 772. The molecule has 2 heterocycles. The topological polar surface area (TPSA) is 84.7 Å². The van der Waals surface area contributed by atoms with Gasteiger partial charge in [-0.05, 0) is 17.7 Å². The second-order valence-corrected chi connectivity index (χ2v) is 5.93. The van der Waals surface area contributed by atoms with Crippen LogP contribution in [0.2, 0.25) is 5.02 Å². The lowest BCUT2D eigenvalue weighted by atomic mass is 10.1. The molecule has 1 aromatic carbocycles. The van der Waals surface area contributed by atoms with E-state index in [2.05, 4.69) is 5.10 Å². The average Bonchev–Trinajstić information content (AvgIpc) is 2.97. The number of carboxylic acids is 1. The van der Waals surface area contributed by atoms with Gasteiger partial charge in [-0.1, -0.05) is 23.7 Å². The molecule has 1 aliphatic rings. The van der Waals surface area contributed by atoms with Crippen molar-refractivity contribution < 1.29 is 19.4 Å². The molecule has 1 saturated heterocycles. The van der Waals surface area contributed by atoms with Crippen LogP contribution in [0, 0.1) is 0 Å². The van der Waals surface area contributed by atoms with E-state index in [-0.39, 0.29) is 23.3 Å². The van der Waals surface area contributed by atoms with Crippen LogP contribution in [-0.4, -0.2) is 51.4 Å². The molecule has 1 aromatic heterocycles. The number of amides is 1. The number of carbonyl (C=O) groups excluding carboxylic acids is 1. The fourth-order valence-electron chi connectivity index (χ4n) is 2.71. The van der Waals surface area contributed by atoms with E-state index in [9.17, 15) is 14.7 Å². The van der Waals surface area contributed by atoms with Crippen LogP contribution in [0.1, 0.15) is 32.5 Å². The van der Waals surface area contributed by atoms with Gasteiger partial charge in [-0.15, -0.1) is 0 Å². The van der Waals surface area contributed by atoms with Crippen LogP contribution in [0.3, 0.4) is 0 Å². The lowest BCUT2D eigenvalue weighted by Gasteiger charge is -2.33. The Kier molecular flexibility index (Phi) is 4.55. The number of halogens is 1. The van der Waals surface area contributed by atoms with Gasteiger partial charge in [-0.25, -0.2) is 4.79 Å². The van der Waals surface area contributed by atoms with E-state index in [1.165, 1.54) is 10.9 Å². The van der Waals surface area contributed by atoms with Crippen molar-refractivity contribution in [3.63, 3.8) is 0 Å². The summed E-state index contributed by atoms with van der Waals surface area (Å²) in [4.78, 5) is 25.6. The quantitative estimate of drug-likeness (QED) is 0.916. The summed E-state index contributed by atoms with van der Waals surface area (Å²) in [5.74, 6) is -1.54. The van der Waals surface area contributed by atoms with Crippen LogP contribution in [0.5, 0.6) is 0 Å². The molecular weight excluding hydrogens is 334 g/mol. The van der Waals surface area contributed by atoms with Gasteiger partial charge in [0.05, 0.1) is 19.3 Å². The molecule has 0 unspecified atom stereocenters. The van der Waals surface area contributed by atoms with Gasteiger partial charge in [-0.2, -0.15) is 5.10 Å². The molecule has 3 rings (SSSR count). The number of carboxylic acid groups (broad SMARTS) is 1. The number of aromatic carboxylic acids is 1. The zero-order chi connectivity index (χ0) is 17.3. The predicted molar refractivity (Wildman–Crippen MR) is 86.2 cm³/mol. The van der Waals surface area contributed by atoms with Crippen molar-refractivity contribution in [1.29, 1.82) is 0 Å². The Morgan fingerprint density at radius 3 is 2.71 bits per heavy atom. The minimum absolute atomic E-state index is 0.0688. The highest BCUT2D eigenvalue weighted by molar-refractivity contribution is 6.30. The van der Waals surface area contributed by atoms with E-state index >= 15 is 0 Å².